The first kappa shape index (κ1) is 14.2. The number of nitrogens with zero attached hydrogens (tertiary/aromatic N) is 1. The average molecular weight is 397 g/mol. The summed E-state index contributed by atoms with van der Waals surface area (Å²) >= 11 is 4.03. The summed E-state index contributed by atoms with van der Waals surface area (Å²) in [7, 11) is 0. The van der Waals surface area contributed by atoms with E-state index in [1.807, 2.05) is 24.3 Å². The third-order valence-corrected chi connectivity index (χ3v) is 5.10. The van der Waals surface area contributed by atoms with Crippen LogP contribution < -0.4 is 0 Å². The fourth-order valence-corrected chi connectivity index (χ4v) is 3.36. The van der Waals surface area contributed by atoms with E-state index in [9.17, 15) is 4.79 Å². The van der Waals surface area contributed by atoms with Gasteiger partial charge in [0.2, 0.25) is 0 Å². The van der Waals surface area contributed by atoms with Crippen molar-refractivity contribution in [1.29, 1.82) is 0 Å². The van der Waals surface area contributed by atoms with Gasteiger partial charge in [-0.1, -0.05) is 18.2 Å². The molecule has 1 aliphatic carbocycles. The van der Waals surface area contributed by atoms with E-state index in [4.69, 9.17) is 0 Å². The van der Waals surface area contributed by atoms with Gasteiger partial charge in [-0.2, -0.15) is 0 Å². The number of rotatable bonds is 6. The number of benzene rings is 1. The van der Waals surface area contributed by atoms with E-state index in [2.05, 4.69) is 45.0 Å². The summed E-state index contributed by atoms with van der Waals surface area (Å²) in [5, 5.41) is 2.10. The van der Waals surface area contributed by atoms with Crippen LogP contribution in [-0.4, -0.2) is 23.3 Å². The SMILES string of the molecule is O=C(CN(Cc1cccs1)C1CC1)c1ccc(I)cc1. The molecular weight excluding hydrogens is 381 g/mol. The molecule has 0 radical (unpaired) electrons. The molecule has 1 heterocycles. The first-order chi connectivity index (χ1) is 9.72. The molecule has 2 aromatic rings. The van der Waals surface area contributed by atoms with Crippen molar-refractivity contribution in [3.05, 3.63) is 55.8 Å². The summed E-state index contributed by atoms with van der Waals surface area (Å²) < 4.78 is 1.16. The van der Waals surface area contributed by atoms with Gasteiger partial charge in [0.1, 0.15) is 0 Å². The van der Waals surface area contributed by atoms with Gasteiger partial charge in [-0.15, -0.1) is 11.3 Å². The molecule has 0 unspecified atom stereocenters. The normalized spacial score (nSPS) is 14.7. The van der Waals surface area contributed by atoms with Crippen LogP contribution in [0, 0.1) is 3.57 Å². The molecule has 0 atom stereocenters. The van der Waals surface area contributed by atoms with E-state index < -0.39 is 0 Å². The zero-order valence-electron chi connectivity index (χ0n) is 11.1. The van der Waals surface area contributed by atoms with Crippen LogP contribution in [0.25, 0.3) is 0 Å². The van der Waals surface area contributed by atoms with Crippen molar-refractivity contribution in [3.8, 4) is 0 Å². The van der Waals surface area contributed by atoms with Gasteiger partial charge < -0.3 is 0 Å². The molecule has 1 fully saturated rings. The van der Waals surface area contributed by atoms with Crippen LogP contribution in [0.3, 0.4) is 0 Å². The highest BCUT2D eigenvalue weighted by Gasteiger charge is 2.30. The Morgan fingerprint density at radius 3 is 2.60 bits per heavy atom. The van der Waals surface area contributed by atoms with Gasteiger partial charge >= 0.3 is 0 Å². The first-order valence-corrected chi connectivity index (χ1v) is 8.73. The standard InChI is InChI=1S/C16H16INOS/c17-13-5-3-12(4-6-13)16(19)11-18(14-7-8-14)10-15-2-1-9-20-15/h1-6,9,14H,7-8,10-11H2. The lowest BCUT2D eigenvalue weighted by Gasteiger charge is -2.20. The zero-order valence-corrected chi connectivity index (χ0v) is 14.1. The first-order valence-electron chi connectivity index (χ1n) is 6.77. The highest BCUT2D eigenvalue weighted by molar-refractivity contribution is 14.1. The molecule has 0 bridgehead atoms. The summed E-state index contributed by atoms with van der Waals surface area (Å²) in [6.45, 7) is 1.43. The van der Waals surface area contributed by atoms with E-state index in [1.54, 1.807) is 11.3 Å². The molecule has 0 spiro atoms. The number of halogens is 1. The molecule has 104 valence electrons. The summed E-state index contributed by atoms with van der Waals surface area (Å²) in [6.07, 6.45) is 2.46. The number of Topliss-reactive ketones (excluding diaryl/α,β-unsaturated/α-hetero) is 1. The van der Waals surface area contributed by atoms with Crippen molar-refractivity contribution in [3.63, 3.8) is 0 Å². The van der Waals surface area contributed by atoms with Crippen LogP contribution >= 0.6 is 33.9 Å². The van der Waals surface area contributed by atoms with Gasteiger partial charge in [-0.05, 0) is 59.0 Å². The van der Waals surface area contributed by atoms with Crippen LogP contribution in [0.1, 0.15) is 28.1 Å². The molecule has 3 rings (SSSR count). The molecule has 0 amide bonds. The topological polar surface area (TPSA) is 20.3 Å². The third kappa shape index (κ3) is 3.68. The van der Waals surface area contributed by atoms with E-state index >= 15 is 0 Å². The highest BCUT2D eigenvalue weighted by Crippen LogP contribution is 2.29. The van der Waals surface area contributed by atoms with Crippen molar-refractivity contribution in [2.75, 3.05) is 6.54 Å². The third-order valence-electron chi connectivity index (χ3n) is 3.52. The molecule has 1 aromatic heterocycles. The molecule has 4 heteroatoms. The Morgan fingerprint density at radius 1 is 1.25 bits per heavy atom. The molecule has 1 saturated carbocycles. The van der Waals surface area contributed by atoms with E-state index in [1.165, 1.54) is 17.7 Å². The molecule has 0 N–H and O–H groups in total. The van der Waals surface area contributed by atoms with Gasteiger partial charge in [-0.25, -0.2) is 0 Å². The summed E-state index contributed by atoms with van der Waals surface area (Å²) in [5.74, 6) is 0.227. The quantitative estimate of drug-likeness (QED) is 0.538. The second-order valence-corrected chi connectivity index (χ2v) is 7.42. The van der Waals surface area contributed by atoms with Crippen molar-refractivity contribution >= 4 is 39.7 Å². The maximum Gasteiger partial charge on any atom is 0.176 e. The Morgan fingerprint density at radius 2 is 2.00 bits per heavy atom. The predicted octanol–water partition coefficient (Wildman–Crippen LogP) is 4.20. The van der Waals surface area contributed by atoms with Gasteiger partial charge in [0.05, 0.1) is 6.54 Å². The Hall–Kier alpha value is -0.720. The summed E-state index contributed by atoms with van der Waals surface area (Å²) in [5.41, 5.74) is 0.822. The van der Waals surface area contributed by atoms with Crippen LogP contribution in [0.15, 0.2) is 41.8 Å². The van der Waals surface area contributed by atoms with Crippen LogP contribution in [0.4, 0.5) is 0 Å². The number of carbonyl (C=O) groups is 1. The minimum atomic E-state index is 0.227. The Bertz CT molecular complexity index is 575. The van der Waals surface area contributed by atoms with Crippen molar-refractivity contribution < 1.29 is 4.79 Å². The number of carbonyl (C=O) groups excluding carboxylic acids is 1. The monoisotopic (exact) mass is 397 g/mol. The maximum atomic E-state index is 12.4. The molecule has 1 aromatic carbocycles. The number of hydrogen-bond acceptors (Lipinski definition) is 3. The van der Waals surface area contributed by atoms with Gasteiger partial charge in [0.25, 0.3) is 0 Å². The maximum absolute atomic E-state index is 12.4. The second kappa shape index (κ2) is 6.37. The summed E-state index contributed by atoms with van der Waals surface area (Å²) in [4.78, 5) is 16.1. The number of ketones is 1. The molecular formula is C16H16INOS. The lowest BCUT2D eigenvalue weighted by molar-refractivity contribution is 0.0920. The van der Waals surface area contributed by atoms with Crippen molar-refractivity contribution in [2.45, 2.75) is 25.4 Å². The lowest BCUT2D eigenvalue weighted by Crippen LogP contribution is -2.31. The molecule has 1 aliphatic rings. The fraction of sp³-hybridized carbons (Fsp3) is 0.312. The average Bonchev–Trinajstić information content (AvgIpc) is 3.17. The van der Waals surface area contributed by atoms with Gasteiger partial charge in [0.15, 0.2) is 5.78 Å². The molecule has 0 aliphatic heterocycles. The van der Waals surface area contributed by atoms with E-state index in [-0.39, 0.29) is 5.78 Å². The predicted molar refractivity (Wildman–Crippen MR) is 91.2 cm³/mol. The van der Waals surface area contributed by atoms with Gasteiger partial charge in [-0.3, -0.25) is 9.69 Å². The molecule has 20 heavy (non-hydrogen) atoms. The second-order valence-electron chi connectivity index (χ2n) is 5.15. The van der Waals surface area contributed by atoms with Crippen molar-refractivity contribution in [1.82, 2.24) is 4.90 Å². The van der Waals surface area contributed by atoms with E-state index in [0.717, 1.165) is 15.7 Å². The highest BCUT2D eigenvalue weighted by atomic mass is 127. The minimum Gasteiger partial charge on any atom is -0.293 e. The fourth-order valence-electron chi connectivity index (χ4n) is 2.27. The van der Waals surface area contributed by atoms with Crippen LogP contribution in [0.2, 0.25) is 0 Å². The molecule has 2 nitrogen and oxygen atoms in total. The van der Waals surface area contributed by atoms with E-state index in [0.29, 0.717) is 12.6 Å². The minimum absolute atomic E-state index is 0.227. The smallest absolute Gasteiger partial charge is 0.176 e. The molecule has 0 saturated heterocycles. The van der Waals surface area contributed by atoms with Crippen molar-refractivity contribution in [2.24, 2.45) is 0 Å². The lowest BCUT2D eigenvalue weighted by atomic mass is 10.1. The Balaban J connectivity index is 1.67. The zero-order chi connectivity index (χ0) is 13.9. The van der Waals surface area contributed by atoms with Gasteiger partial charge in [0, 0.05) is 26.6 Å². The Kier molecular flexibility index (Phi) is 4.53. The number of hydrogen-bond donors (Lipinski definition) is 0. The van der Waals surface area contributed by atoms with Crippen LogP contribution in [0.5, 0.6) is 0 Å². The largest absolute Gasteiger partial charge is 0.293 e. The summed E-state index contributed by atoms with van der Waals surface area (Å²) in [6, 6.07) is 12.7. The Labute approximate surface area is 136 Å². The van der Waals surface area contributed by atoms with Crippen LogP contribution in [-0.2, 0) is 6.54 Å². The number of thiophene rings is 1.